The topological polar surface area (TPSA) is 26.7 Å². The Hall–Kier alpha value is -1.06. The van der Waals surface area contributed by atoms with Crippen LogP contribution in [0.5, 0.6) is 0 Å². The summed E-state index contributed by atoms with van der Waals surface area (Å²) in [5.41, 5.74) is 2.13. The summed E-state index contributed by atoms with van der Waals surface area (Å²) in [7, 11) is 6.25. The van der Waals surface area contributed by atoms with Gasteiger partial charge in [-0.05, 0) is 40.1 Å². The van der Waals surface area contributed by atoms with Crippen molar-refractivity contribution in [3.63, 3.8) is 0 Å². The van der Waals surface area contributed by atoms with Crippen molar-refractivity contribution in [3.8, 4) is 0 Å². The summed E-state index contributed by atoms with van der Waals surface area (Å²) in [6.45, 7) is 3.90. The van der Waals surface area contributed by atoms with E-state index >= 15 is 0 Å². The Morgan fingerprint density at radius 1 is 1.12 bits per heavy atom. The van der Waals surface area contributed by atoms with E-state index in [4.69, 9.17) is 0 Å². The molecule has 0 saturated heterocycles. The van der Waals surface area contributed by atoms with Crippen LogP contribution < -0.4 is 4.90 Å². The molecule has 96 valence electrons. The molecule has 0 bridgehead atoms. The highest BCUT2D eigenvalue weighted by molar-refractivity contribution is 5.53. The fourth-order valence-electron chi connectivity index (χ4n) is 1.93. The molecule has 1 rings (SSSR count). The Balaban J connectivity index is 2.65. The average molecular weight is 236 g/mol. The van der Waals surface area contributed by atoms with E-state index in [9.17, 15) is 5.11 Å². The molecule has 0 saturated carbocycles. The van der Waals surface area contributed by atoms with Gasteiger partial charge in [0.15, 0.2) is 0 Å². The van der Waals surface area contributed by atoms with Crippen molar-refractivity contribution in [2.75, 3.05) is 39.1 Å². The smallest absolute Gasteiger partial charge is 0.0781 e. The zero-order chi connectivity index (χ0) is 12.8. The summed E-state index contributed by atoms with van der Waals surface area (Å²) in [6, 6.07) is 8.04. The van der Waals surface area contributed by atoms with Gasteiger partial charge in [-0.1, -0.05) is 18.2 Å². The normalized spacial score (nSPS) is 12.8. The monoisotopic (exact) mass is 236 g/mol. The third-order valence-electron chi connectivity index (χ3n) is 2.90. The first-order valence-electron chi connectivity index (χ1n) is 6.15. The fourth-order valence-corrected chi connectivity index (χ4v) is 1.93. The summed E-state index contributed by atoms with van der Waals surface area (Å²) in [4.78, 5) is 4.40. The second-order valence-electron chi connectivity index (χ2n) is 4.81. The number of aliphatic hydroxyl groups excluding tert-OH is 1. The highest BCUT2D eigenvalue weighted by atomic mass is 16.3. The molecule has 0 radical (unpaired) electrons. The average Bonchev–Trinajstić information content (AvgIpc) is 2.28. The predicted octanol–water partition coefficient (Wildman–Crippen LogP) is 2.13. The molecule has 0 heterocycles. The number of aliphatic hydroxyl groups is 1. The lowest BCUT2D eigenvalue weighted by atomic mass is 10.1. The second kappa shape index (κ2) is 6.62. The molecule has 1 N–H and O–H groups in total. The quantitative estimate of drug-likeness (QED) is 0.819. The molecule has 0 amide bonds. The van der Waals surface area contributed by atoms with Gasteiger partial charge in [0.1, 0.15) is 0 Å². The fraction of sp³-hybridized carbons (Fsp3) is 0.571. The third-order valence-corrected chi connectivity index (χ3v) is 2.90. The van der Waals surface area contributed by atoms with Gasteiger partial charge in [-0.3, -0.25) is 0 Å². The molecule has 3 heteroatoms. The number of para-hydroxylation sites is 1. The maximum atomic E-state index is 9.73. The summed E-state index contributed by atoms with van der Waals surface area (Å²) in [5.74, 6) is 0. The number of nitrogens with zero attached hydrogens (tertiary/aromatic N) is 2. The maximum absolute atomic E-state index is 9.73. The molecule has 0 spiro atoms. The molecule has 0 aliphatic rings. The van der Waals surface area contributed by atoms with Gasteiger partial charge in [0.25, 0.3) is 0 Å². The minimum absolute atomic E-state index is 0.414. The Bertz CT molecular complexity index is 337. The molecule has 1 atom stereocenters. The number of hydrogen-bond acceptors (Lipinski definition) is 3. The van der Waals surface area contributed by atoms with Gasteiger partial charge >= 0.3 is 0 Å². The van der Waals surface area contributed by atoms with Crippen molar-refractivity contribution in [3.05, 3.63) is 29.8 Å². The van der Waals surface area contributed by atoms with Gasteiger partial charge in [-0.25, -0.2) is 0 Å². The third kappa shape index (κ3) is 4.36. The molecule has 1 aromatic carbocycles. The first-order chi connectivity index (χ1) is 8.02. The Kier molecular flexibility index (Phi) is 5.45. The zero-order valence-electron chi connectivity index (χ0n) is 11.3. The highest BCUT2D eigenvalue weighted by Gasteiger charge is 2.10. The van der Waals surface area contributed by atoms with Crippen LogP contribution in [0, 0.1) is 0 Å². The predicted molar refractivity (Wildman–Crippen MR) is 73.5 cm³/mol. The van der Waals surface area contributed by atoms with E-state index < -0.39 is 6.10 Å². The first-order valence-corrected chi connectivity index (χ1v) is 6.15. The van der Waals surface area contributed by atoms with Gasteiger partial charge in [0.05, 0.1) is 6.10 Å². The zero-order valence-corrected chi connectivity index (χ0v) is 11.3. The molecule has 1 aromatic rings. The molecule has 0 fully saturated rings. The van der Waals surface area contributed by atoms with E-state index in [-0.39, 0.29) is 0 Å². The largest absolute Gasteiger partial charge is 0.389 e. The van der Waals surface area contributed by atoms with Crippen molar-refractivity contribution in [2.45, 2.75) is 19.4 Å². The van der Waals surface area contributed by atoms with Gasteiger partial charge in [-0.2, -0.15) is 0 Å². The van der Waals surface area contributed by atoms with E-state index in [0.717, 1.165) is 30.8 Å². The van der Waals surface area contributed by atoms with E-state index in [1.807, 2.05) is 25.1 Å². The van der Waals surface area contributed by atoms with Crippen LogP contribution in [-0.4, -0.2) is 44.2 Å². The summed E-state index contributed by atoms with van der Waals surface area (Å²) < 4.78 is 0. The molecular weight excluding hydrogens is 212 g/mol. The van der Waals surface area contributed by atoms with Crippen LogP contribution in [0.3, 0.4) is 0 Å². The number of hydrogen-bond donors (Lipinski definition) is 1. The van der Waals surface area contributed by atoms with Crippen LogP contribution in [0.25, 0.3) is 0 Å². The Labute approximate surface area is 105 Å². The van der Waals surface area contributed by atoms with E-state index in [1.165, 1.54) is 0 Å². The van der Waals surface area contributed by atoms with Crippen molar-refractivity contribution < 1.29 is 5.11 Å². The van der Waals surface area contributed by atoms with Crippen LogP contribution in [0.1, 0.15) is 25.0 Å². The van der Waals surface area contributed by atoms with Gasteiger partial charge in [0.2, 0.25) is 0 Å². The SMILES string of the molecule is CC(O)c1ccccc1N(C)CCCN(C)C. The van der Waals surface area contributed by atoms with Crippen LogP contribution >= 0.6 is 0 Å². The standard InChI is InChI=1S/C14H24N2O/c1-12(17)13-8-5-6-9-14(13)16(4)11-7-10-15(2)3/h5-6,8-9,12,17H,7,10-11H2,1-4H3. The van der Waals surface area contributed by atoms with Crippen LogP contribution in [0.2, 0.25) is 0 Å². The van der Waals surface area contributed by atoms with Crippen LogP contribution in [-0.2, 0) is 0 Å². The molecule has 3 nitrogen and oxygen atoms in total. The number of benzene rings is 1. The molecule has 1 unspecified atom stereocenters. The Morgan fingerprint density at radius 2 is 1.76 bits per heavy atom. The van der Waals surface area contributed by atoms with Gasteiger partial charge in [-0.15, -0.1) is 0 Å². The Morgan fingerprint density at radius 3 is 2.35 bits per heavy atom. The maximum Gasteiger partial charge on any atom is 0.0781 e. The van der Waals surface area contributed by atoms with Gasteiger partial charge < -0.3 is 14.9 Å². The van der Waals surface area contributed by atoms with E-state index in [1.54, 1.807) is 0 Å². The first kappa shape index (κ1) is 14.0. The van der Waals surface area contributed by atoms with Crippen LogP contribution in [0.4, 0.5) is 5.69 Å². The number of anilines is 1. The highest BCUT2D eigenvalue weighted by Crippen LogP contribution is 2.25. The molecule has 0 aliphatic heterocycles. The summed E-state index contributed by atoms with van der Waals surface area (Å²) in [5, 5.41) is 9.73. The lowest BCUT2D eigenvalue weighted by Gasteiger charge is -2.24. The minimum atomic E-state index is -0.414. The molecular formula is C14H24N2O. The molecule has 17 heavy (non-hydrogen) atoms. The van der Waals surface area contributed by atoms with E-state index in [0.29, 0.717) is 0 Å². The van der Waals surface area contributed by atoms with Crippen molar-refractivity contribution in [2.24, 2.45) is 0 Å². The lowest BCUT2D eigenvalue weighted by molar-refractivity contribution is 0.199. The lowest BCUT2D eigenvalue weighted by Crippen LogP contribution is -2.24. The minimum Gasteiger partial charge on any atom is -0.389 e. The summed E-state index contributed by atoms with van der Waals surface area (Å²) >= 11 is 0. The van der Waals surface area contributed by atoms with Crippen molar-refractivity contribution in [1.82, 2.24) is 4.90 Å². The van der Waals surface area contributed by atoms with E-state index in [2.05, 4.69) is 37.0 Å². The van der Waals surface area contributed by atoms with Gasteiger partial charge in [0, 0.05) is 24.8 Å². The van der Waals surface area contributed by atoms with Crippen molar-refractivity contribution >= 4 is 5.69 Å². The van der Waals surface area contributed by atoms with Crippen LogP contribution in [0.15, 0.2) is 24.3 Å². The second-order valence-corrected chi connectivity index (χ2v) is 4.81. The molecule has 0 aliphatic carbocycles. The number of rotatable bonds is 6. The summed E-state index contributed by atoms with van der Waals surface area (Å²) in [6.07, 6.45) is 0.708. The van der Waals surface area contributed by atoms with Crippen molar-refractivity contribution in [1.29, 1.82) is 0 Å². The molecule has 0 aromatic heterocycles.